The van der Waals surface area contributed by atoms with Crippen LogP contribution in [0.4, 0.5) is 18.9 Å². The first kappa shape index (κ1) is 22.0. The van der Waals surface area contributed by atoms with Gasteiger partial charge in [-0.25, -0.2) is 9.38 Å². The van der Waals surface area contributed by atoms with Gasteiger partial charge >= 0.3 is 6.61 Å². The zero-order valence-electron chi connectivity index (χ0n) is 13.9. The molecule has 0 saturated carbocycles. The largest absolute Gasteiger partial charge is 0.434 e. The summed E-state index contributed by atoms with van der Waals surface area (Å²) in [7, 11) is 1.57. The van der Waals surface area contributed by atoms with Crippen molar-refractivity contribution in [3.05, 3.63) is 59.4 Å². The summed E-state index contributed by atoms with van der Waals surface area (Å²) in [5.74, 6) is -0.962. The van der Waals surface area contributed by atoms with Gasteiger partial charge in [-0.15, -0.1) is 24.0 Å². The summed E-state index contributed by atoms with van der Waals surface area (Å²) in [5, 5.41) is 2.88. The van der Waals surface area contributed by atoms with Crippen LogP contribution < -0.4 is 15.8 Å². The third-order valence-electron chi connectivity index (χ3n) is 3.28. The fourth-order valence-corrected chi connectivity index (χ4v) is 2.16. The van der Waals surface area contributed by atoms with Crippen molar-refractivity contribution in [2.45, 2.75) is 19.8 Å². The number of nitrogens with two attached hydrogens (primary N) is 1. The van der Waals surface area contributed by atoms with E-state index in [4.69, 9.17) is 10.5 Å². The second kappa shape index (κ2) is 10.9. The summed E-state index contributed by atoms with van der Waals surface area (Å²) in [6.45, 7) is -2.93. The van der Waals surface area contributed by atoms with Crippen molar-refractivity contribution in [2.24, 2.45) is 10.7 Å². The first-order chi connectivity index (χ1) is 12.0. The van der Waals surface area contributed by atoms with E-state index in [0.29, 0.717) is 12.3 Å². The van der Waals surface area contributed by atoms with Crippen LogP contribution in [0.25, 0.3) is 0 Å². The smallest absolute Gasteiger partial charge is 0.387 e. The predicted molar refractivity (Wildman–Crippen MR) is 105 cm³/mol. The van der Waals surface area contributed by atoms with Gasteiger partial charge in [0, 0.05) is 18.4 Å². The molecule has 0 spiro atoms. The maximum absolute atomic E-state index is 13.9. The number of methoxy groups -OCH3 is 1. The summed E-state index contributed by atoms with van der Waals surface area (Å²) in [6.07, 6.45) is 0. The number of nitrogens with one attached hydrogen (secondary N) is 1. The Hall–Kier alpha value is -2.01. The average Bonchev–Trinajstić information content (AvgIpc) is 2.56. The van der Waals surface area contributed by atoms with E-state index in [1.807, 2.05) is 12.1 Å². The van der Waals surface area contributed by atoms with E-state index in [1.54, 1.807) is 19.2 Å². The molecule has 142 valence electrons. The average molecular weight is 481 g/mol. The summed E-state index contributed by atoms with van der Waals surface area (Å²) in [6, 6.07) is 11.0. The third kappa shape index (κ3) is 6.37. The molecule has 9 heteroatoms. The number of aliphatic imine (C=N–C) groups is 1. The number of alkyl halides is 2. The molecule has 26 heavy (non-hydrogen) atoms. The van der Waals surface area contributed by atoms with Crippen LogP contribution in [0.5, 0.6) is 5.75 Å². The molecule has 5 nitrogen and oxygen atoms in total. The lowest BCUT2D eigenvalue weighted by atomic mass is 10.2. The minimum Gasteiger partial charge on any atom is -0.434 e. The van der Waals surface area contributed by atoms with Gasteiger partial charge in [-0.1, -0.05) is 24.3 Å². The first-order valence-corrected chi connectivity index (χ1v) is 7.37. The van der Waals surface area contributed by atoms with E-state index in [9.17, 15) is 13.2 Å². The minimum absolute atomic E-state index is 0. The van der Waals surface area contributed by atoms with Crippen LogP contribution in [-0.2, 0) is 17.9 Å². The first-order valence-electron chi connectivity index (χ1n) is 7.37. The second-order valence-corrected chi connectivity index (χ2v) is 5.01. The standard InChI is InChI=1S/C17H18F3N3O2.HI/c1-24-10-11-5-2-3-7-14(11)23-17(21)22-9-12-13(18)6-4-8-15(12)25-16(19)20;/h2-8,16H,9-10H2,1H3,(H3,21,22,23);1H. The molecule has 2 aromatic carbocycles. The van der Waals surface area contributed by atoms with Crippen molar-refractivity contribution in [3.63, 3.8) is 0 Å². The van der Waals surface area contributed by atoms with Crippen molar-refractivity contribution in [1.82, 2.24) is 0 Å². The number of rotatable bonds is 7. The van der Waals surface area contributed by atoms with Gasteiger partial charge in [-0.05, 0) is 18.2 Å². The molecule has 0 aliphatic heterocycles. The van der Waals surface area contributed by atoms with Gasteiger partial charge < -0.3 is 20.5 Å². The SMILES string of the molecule is COCc1ccccc1NC(N)=NCc1c(F)cccc1OC(F)F.I. The molecule has 0 atom stereocenters. The van der Waals surface area contributed by atoms with Gasteiger partial charge in [0.05, 0.1) is 18.7 Å². The molecular weight excluding hydrogens is 462 g/mol. The van der Waals surface area contributed by atoms with Gasteiger partial charge in [0.25, 0.3) is 0 Å². The number of nitrogens with zero attached hydrogens (tertiary/aromatic N) is 1. The fraction of sp³-hybridized carbons (Fsp3) is 0.235. The van der Waals surface area contributed by atoms with E-state index in [0.717, 1.165) is 11.6 Å². The number of hydrogen-bond acceptors (Lipinski definition) is 3. The molecule has 0 bridgehead atoms. The highest BCUT2D eigenvalue weighted by atomic mass is 127. The Kier molecular flexibility index (Phi) is 9.21. The monoisotopic (exact) mass is 481 g/mol. The molecule has 0 radical (unpaired) electrons. The molecule has 0 saturated heterocycles. The van der Waals surface area contributed by atoms with Gasteiger partial charge in [-0.2, -0.15) is 8.78 Å². The molecule has 0 heterocycles. The van der Waals surface area contributed by atoms with E-state index < -0.39 is 12.4 Å². The Balaban J connectivity index is 0.00000338. The summed E-state index contributed by atoms with van der Waals surface area (Å²) in [5.41, 5.74) is 7.25. The number of ether oxygens (including phenoxy) is 2. The van der Waals surface area contributed by atoms with Crippen LogP contribution in [0.2, 0.25) is 0 Å². The Morgan fingerprint density at radius 1 is 1.19 bits per heavy atom. The number of benzene rings is 2. The fourth-order valence-electron chi connectivity index (χ4n) is 2.16. The Labute approximate surface area is 166 Å². The molecule has 0 aliphatic rings. The summed E-state index contributed by atoms with van der Waals surface area (Å²) in [4.78, 5) is 4.00. The maximum Gasteiger partial charge on any atom is 0.387 e. The molecule has 0 fully saturated rings. The van der Waals surface area contributed by atoms with E-state index >= 15 is 0 Å². The minimum atomic E-state index is -3.05. The van der Waals surface area contributed by atoms with Crippen molar-refractivity contribution >= 4 is 35.6 Å². The van der Waals surface area contributed by atoms with Crippen LogP contribution in [-0.4, -0.2) is 19.7 Å². The summed E-state index contributed by atoms with van der Waals surface area (Å²) >= 11 is 0. The van der Waals surface area contributed by atoms with Crippen LogP contribution in [0, 0.1) is 5.82 Å². The normalized spacial score (nSPS) is 11.2. The Bertz CT molecular complexity index is 745. The molecule has 0 aromatic heterocycles. The molecule has 0 unspecified atom stereocenters. The van der Waals surface area contributed by atoms with Crippen LogP contribution in [0.1, 0.15) is 11.1 Å². The van der Waals surface area contributed by atoms with Crippen LogP contribution in [0.3, 0.4) is 0 Å². The highest BCUT2D eigenvalue weighted by Crippen LogP contribution is 2.24. The second-order valence-electron chi connectivity index (χ2n) is 5.01. The van der Waals surface area contributed by atoms with Gasteiger partial charge in [-0.3, -0.25) is 0 Å². The zero-order valence-corrected chi connectivity index (χ0v) is 16.2. The highest BCUT2D eigenvalue weighted by molar-refractivity contribution is 14.0. The maximum atomic E-state index is 13.9. The van der Waals surface area contributed by atoms with E-state index in [-0.39, 0.29) is 47.8 Å². The molecule has 3 N–H and O–H groups in total. The molecule has 0 aliphatic carbocycles. The lowest BCUT2D eigenvalue weighted by Gasteiger charge is -2.12. The number of para-hydroxylation sites is 1. The molecule has 0 amide bonds. The molecule has 2 aromatic rings. The van der Waals surface area contributed by atoms with Crippen molar-refractivity contribution < 1.29 is 22.6 Å². The van der Waals surface area contributed by atoms with Crippen LogP contribution in [0.15, 0.2) is 47.5 Å². The highest BCUT2D eigenvalue weighted by Gasteiger charge is 2.13. The number of hydrogen-bond donors (Lipinski definition) is 2. The molecule has 2 rings (SSSR count). The van der Waals surface area contributed by atoms with E-state index in [1.165, 1.54) is 12.1 Å². The quantitative estimate of drug-likeness (QED) is 0.355. The Morgan fingerprint density at radius 3 is 2.62 bits per heavy atom. The van der Waals surface area contributed by atoms with Gasteiger partial charge in [0.1, 0.15) is 11.6 Å². The number of guanidine groups is 1. The summed E-state index contributed by atoms with van der Waals surface area (Å²) < 4.78 is 48.1. The topological polar surface area (TPSA) is 68.9 Å². The van der Waals surface area contributed by atoms with Crippen molar-refractivity contribution in [2.75, 3.05) is 12.4 Å². The molecular formula is C17H19F3IN3O2. The van der Waals surface area contributed by atoms with Gasteiger partial charge in [0.15, 0.2) is 5.96 Å². The van der Waals surface area contributed by atoms with Crippen molar-refractivity contribution in [1.29, 1.82) is 0 Å². The lowest BCUT2D eigenvalue weighted by molar-refractivity contribution is -0.0506. The van der Waals surface area contributed by atoms with Gasteiger partial charge in [0.2, 0.25) is 0 Å². The Morgan fingerprint density at radius 2 is 1.92 bits per heavy atom. The predicted octanol–water partition coefficient (Wildman–Crippen LogP) is 4.12. The lowest BCUT2D eigenvalue weighted by Crippen LogP contribution is -2.23. The zero-order chi connectivity index (χ0) is 18.2. The third-order valence-corrected chi connectivity index (χ3v) is 3.28. The number of anilines is 1. The number of halogens is 4. The van der Waals surface area contributed by atoms with Crippen molar-refractivity contribution in [3.8, 4) is 5.75 Å². The van der Waals surface area contributed by atoms with E-state index in [2.05, 4.69) is 15.0 Å². The van der Waals surface area contributed by atoms with Crippen LogP contribution >= 0.6 is 24.0 Å².